The first-order valence-corrected chi connectivity index (χ1v) is 9.10. The molecule has 0 saturated heterocycles. The first-order valence-electron chi connectivity index (χ1n) is 9.10. The van der Waals surface area contributed by atoms with E-state index in [1.54, 1.807) is 0 Å². The number of benzene rings is 3. The maximum atomic E-state index is 2.47. The molecule has 0 radical (unpaired) electrons. The van der Waals surface area contributed by atoms with Crippen LogP contribution in [0, 0.1) is 0 Å². The smallest absolute Gasteiger partial charge is 0.221 e. The summed E-state index contributed by atoms with van der Waals surface area (Å²) in [7, 11) is 4.15. The van der Waals surface area contributed by atoms with E-state index in [2.05, 4.69) is 116 Å². The molecule has 0 fully saturated rings. The summed E-state index contributed by atoms with van der Waals surface area (Å²) in [4.78, 5) is 2.13. The van der Waals surface area contributed by atoms with Crippen molar-refractivity contribution < 1.29 is 4.58 Å². The van der Waals surface area contributed by atoms with Crippen LogP contribution in [0.5, 0.6) is 0 Å². The van der Waals surface area contributed by atoms with Gasteiger partial charge in [0.25, 0.3) is 0 Å². The lowest BCUT2D eigenvalue weighted by Crippen LogP contribution is -2.28. The fraction of sp³-hybridized carbons (Fsp3) is 0.208. The molecule has 3 aromatic rings. The highest BCUT2D eigenvalue weighted by molar-refractivity contribution is 6.12. The average Bonchev–Trinajstić information content (AvgIpc) is 2.90. The van der Waals surface area contributed by atoms with E-state index in [9.17, 15) is 0 Å². The van der Waals surface area contributed by atoms with Crippen molar-refractivity contribution in [1.82, 2.24) is 0 Å². The molecule has 0 N–H and O–H groups in total. The molecule has 0 aliphatic carbocycles. The first kappa shape index (κ1) is 16.6. The predicted octanol–water partition coefficient (Wildman–Crippen LogP) is 5.18. The van der Waals surface area contributed by atoms with E-state index in [4.69, 9.17) is 0 Å². The van der Waals surface area contributed by atoms with Crippen LogP contribution in [0.1, 0.15) is 30.5 Å². The number of hydrogen-bond acceptors (Lipinski definition) is 1. The van der Waals surface area contributed by atoms with E-state index in [0.29, 0.717) is 0 Å². The highest BCUT2D eigenvalue weighted by atomic mass is 15.1. The normalized spacial score (nSPS) is 15.1. The quantitative estimate of drug-likeness (QED) is 0.595. The summed E-state index contributed by atoms with van der Waals surface area (Å²) in [6, 6.07) is 28.3. The summed E-state index contributed by atoms with van der Waals surface area (Å²) in [5.74, 6) is 0. The molecule has 1 heterocycles. The Kier molecular flexibility index (Phi) is 3.91. The zero-order valence-electron chi connectivity index (χ0n) is 15.9. The Bertz CT molecular complexity index is 965. The van der Waals surface area contributed by atoms with Crippen LogP contribution in [0.2, 0.25) is 0 Å². The van der Waals surface area contributed by atoms with E-state index >= 15 is 0 Å². The van der Waals surface area contributed by atoms with Gasteiger partial charge in [-0.05, 0) is 30.3 Å². The summed E-state index contributed by atoms with van der Waals surface area (Å²) >= 11 is 0. The zero-order chi connectivity index (χ0) is 18.3. The van der Waals surface area contributed by atoms with Gasteiger partial charge in [-0.2, -0.15) is 4.58 Å². The Morgan fingerprint density at radius 3 is 2.00 bits per heavy atom. The summed E-state index contributed by atoms with van der Waals surface area (Å²) in [6.45, 7) is 4.61. The summed E-state index contributed by atoms with van der Waals surface area (Å²) < 4.78 is 2.47. The number of anilines is 1. The molecule has 130 valence electrons. The third kappa shape index (κ3) is 2.53. The highest BCUT2D eigenvalue weighted by Crippen LogP contribution is 2.40. The first-order chi connectivity index (χ1) is 12.5. The van der Waals surface area contributed by atoms with Gasteiger partial charge >= 0.3 is 0 Å². The van der Waals surface area contributed by atoms with Gasteiger partial charge in [0.2, 0.25) is 11.4 Å². The standard InChI is InChI=1S/C24H25N2/c1-24(2)22-13-9-8-12-21(22)23(26(24)20-10-6-5-7-11-20)18-14-16-19(17-15-18)25(3)4/h5-17H,1-4H3/q+1. The van der Waals surface area contributed by atoms with Crippen LogP contribution in [0.3, 0.4) is 0 Å². The summed E-state index contributed by atoms with van der Waals surface area (Å²) in [5.41, 5.74) is 7.55. The van der Waals surface area contributed by atoms with Crippen LogP contribution in [0.15, 0.2) is 78.9 Å². The second-order valence-electron chi connectivity index (χ2n) is 7.57. The van der Waals surface area contributed by atoms with Gasteiger partial charge in [-0.25, -0.2) is 0 Å². The molecule has 0 saturated carbocycles. The molecule has 1 aliphatic heterocycles. The van der Waals surface area contributed by atoms with E-state index < -0.39 is 0 Å². The van der Waals surface area contributed by atoms with Crippen molar-refractivity contribution in [3.05, 3.63) is 95.6 Å². The van der Waals surface area contributed by atoms with Crippen molar-refractivity contribution in [3.8, 4) is 0 Å². The molecule has 2 nitrogen and oxygen atoms in total. The SMILES string of the molecule is CN(C)c1ccc(C2=[N+](c3ccccc3)C(C)(C)c3ccccc32)cc1. The van der Waals surface area contributed by atoms with E-state index in [1.807, 2.05) is 0 Å². The van der Waals surface area contributed by atoms with Crippen molar-refractivity contribution in [2.45, 2.75) is 19.4 Å². The monoisotopic (exact) mass is 341 g/mol. The second kappa shape index (κ2) is 6.14. The highest BCUT2D eigenvalue weighted by Gasteiger charge is 2.46. The molecule has 4 rings (SSSR count). The Morgan fingerprint density at radius 2 is 1.35 bits per heavy atom. The molecule has 3 aromatic carbocycles. The minimum atomic E-state index is -0.104. The van der Waals surface area contributed by atoms with Crippen LogP contribution >= 0.6 is 0 Å². The number of hydrogen-bond donors (Lipinski definition) is 0. The molecule has 0 spiro atoms. The second-order valence-corrected chi connectivity index (χ2v) is 7.57. The molecule has 1 aliphatic rings. The van der Waals surface area contributed by atoms with Gasteiger partial charge < -0.3 is 4.90 Å². The van der Waals surface area contributed by atoms with Crippen molar-refractivity contribution in [3.63, 3.8) is 0 Å². The van der Waals surface area contributed by atoms with Crippen molar-refractivity contribution in [2.75, 3.05) is 19.0 Å². The number of nitrogens with zero attached hydrogens (tertiary/aromatic N) is 2. The third-order valence-electron chi connectivity index (χ3n) is 5.30. The number of para-hydroxylation sites is 1. The van der Waals surface area contributed by atoms with Gasteiger partial charge in [0.05, 0.1) is 5.56 Å². The maximum absolute atomic E-state index is 2.47. The van der Waals surface area contributed by atoms with Crippen molar-refractivity contribution in [1.29, 1.82) is 0 Å². The van der Waals surface area contributed by atoms with E-state index in [-0.39, 0.29) is 5.54 Å². The topological polar surface area (TPSA) is 6.25 Å². The van der Waals surface area contributed by atoms with Crippen LogP contribution in [0.25, 0.3) is 0 Å². The zero-order valence-corrected chi connectivity index (χ0v) is 15.9. The van der Waals surface area contributed by atoms with Crippen molar-refractivity contribution >= 4 is 17.1 Å². The lowest BCUT2D eigenvalue weighted by atomic mass is 9.91. The van der Waals surface area contributed by atoms with Gasteiger partial charge in [-0.3, -0.25) is 0 Å². The summed E-state index contributed by atoms with van der Waals surface area (Å²) in [5, 5.41) is 0. The third-order valence-corrected chi connectivity index (χ3v) is 5.30. The van der Waals surface area contributed by atoms with Gasteiger partial charge in [0.15, 0.2) is 5.54 Å². The van der Waals surface area contributed by atoms with Crippen LogP contribution in [-0.4, -0.2) is 24.4 Å². The molecule has 0 unspecified atom stereocenters. The Hall–Kier alpha value is -2.87. The van der Waals surface area contributed by atoms with Crippen molar-refractivity contribution in [2.24, 2.45) is 0 Å². The molecule has 0 bridgehead atoms. The Labute approximate surface area is 156 Å². The molecule has 26 heavy (non-hydrogen) atoms. The van der Waals surface area contributed by atoms with Gasteiger partial charge in [0, 0.05) is 56.9 Å². The Balaban J connectivity index is 1.99. The Morgan fingerprint density at radius 1 is 0.731 bits per heavy atom. The lowest BCUT2D eigenvalue weighted by Gasteiger charge is -2.19. The fourth-order valence-corrected chi connectivity index (χ4v) is 3.97. The molecule has 2 heteroatoms. The van der Waals surface area contributed by atoms with Gasteiger partial charge in [-0.15, -0.1) is 0 Å². The predicted molar refractivity (Wildman–Crippen MR) is 110 cm³/mol. The molecular weight excluding hydrogens is 316 g/mol. The molecule has 0 amide bonds. The van der Waals surface area contributed by atoms with Crippen LogP contribution < -0.4 is 4.90 Å². The summed E-state index contributed by atoms with van der Waals surface area (Å²) in [6.07, 6.45) is 0. The molecular formula is C24H25N2+. The maximum Gasteiger partial charge on any atom is 0.221 e. The minimum Gasteiger partial charge on any atom is -0.378 e. The number of rotatable bonds is 3. The molecule has 0 aromatic heterocycles. The van der Waals surface area contributed by atoms with Crippen LogP contribution in [-0.2, 0) is 5.54 Å². The van der Waals surface area contributed by atoms with Crippen LogP contribution in [0.4, 0.5) is 11.4 Å². The van der Waals surface area contributed by atoms with Gasteiger partial charge in [0.1, 0.15) is 0 Å². The van der Waals surface area contributed by atoms with E-state index in [1.165, 1.54) is 33.8 Å². The van der Waals surface area contributed by atoms with Gasteiger partial charge in [-0.1, -0.05) is 36.4 Å². The minimum absolute atomic E-state index is 0.104. The average molecular weight is 341 g/mol. The fourth-order valence-electron chi connectivity index (χ4n) is 3.97. The van der Waals surface area contributed by atoms with E-state index in [0.717, 1.165) is 0 Å². The molecule has 0 atom stereocenters. The lowest BCUT2D eigenvalue weighted by molar-refractivity contribution is -0.528. The number of fused-ring (bicyclic) bond motifs is 1. The largest absolute Gasteiger partial charge is 0.378 e.